The van der Waals surface area contributed by atoms with Crippen LogP contribution in [0.4, 0.5) is 10.5 Å². The zero-order chi connectivity index (χ0) is 18.6. The van der Waals surface area contributed by atoms with Gasteiger partial charge in [0.05, 0.1) is 10.9 Å². The molecule has 2 aromatic carbocycles. The lowest BCUT2D eigenvalue weighted by Gasteiger charge is -2.16. The quantitative estimate of drug-likeness (QED) is 0.832. The summed E-state index contributed by atoms with van der Waals surface area (Å²) in [7, 11) is -0.648. The molecule has 0 saturated carbocycles. The van der Waals surface area contributed by atoms with E-state index in [1.54, 1.807) is 24.3 Å². The predicted octanol–water partition coefficient (Wildman–Crippen LogP) is 3.47. The Morgan fingerprint density at radius 2 is 1.76 bits per heavy atom. The van der Waals surface area contributed by atoms with Gasteiger partial charge in [0.25, 0.3) is 0 Å². The minimum Gasteiger partial charge on any atom is -0.331 e. The van der Waals surface area contributed by atoms with Gasteiger partial charge in [0.1, 0.15) is 0 Å². The highest BCUT2D eigenvalue weighted by Crippen LogP contribution is 2.19. The van der Waals surface area contributed by atoms with Crippen molar-refractivity contribution in [1.29, 1.82) is 0 Å². The highest BCUT2D eigenvalue weighted by Gasteiger charge is 2.18. The number of carbonyl (C=O) groups is 1. The van der Waals surface area contributed by atoms with E-state index in [1.807, 2.05) is 19.1 Å². The standard InChI is InChI=1S/C17H20ClN3O3S/c1-12(13-7-9-14(18)10-8-13)19-17(22)20-15-5-4-6-16(11-15)25(23,24)21(2)3/h4-12H,1-3H3,(H2,19,20,22). The van der Waals surface area contributed by atoms with E-state index in [1.165, 1.54) is 26.2 Å². The summed E-state index contributed by atoms with van der Waals surface area (Å²) in [4.78, 5) is 12.3. The third-order valence-electron chi connectivity index (χ3n) is 3.59. The van der Waals surface area contributed by atoms with Crippen LogP contribution in [0.5, 0.6) is 0 Å². The molecule has 1 atom stereocenters. The largest absolute Gasteiger partial charge is 0.331 e. The molecule has 0 aromatic heterocycles. The molecule has 25 heavy (non-hydrogen) atoms. The number of nitrogens with zero attached hydrogens (tertiary/aromatic N) is 1. The maximum absolute atomic E-state index is 12.1. The Labute approximate surface area is 152 Å². The molecule has 2 aromatic rings. The van der Waals surface area contributed by atoms with Gasteiger partial charge in [-0.15, -0.1) is 0 Å². The number of benzene rings is 2. The van der Waals surface area contributed by atoms with Crippen LogP contribution in [0.2, 0.25) is 5.02 Å². The number of amides is 2. The monoisotopic (exact) mass is 381 g/mol. The van der Waals surface area contributed by atoms with Crippen LogP contribution < -0.4 is 10.6 Å². The van der Waals surface area contributed by atoms with Gasteiger partial charge in [-0.25, -0.2) is 17.5 Å². The van der Waals surface area contributed by atoms with Crippen LogP contribution in [0.1, 0.15) is 18.5 Å². The lowest BCUT2D eigenvalue weighted by atomic mass is 10.1. The van der Waals surface area contributed by atoms with E-state index >= 15 is 0 Å². The second-order valence-corrected chi connectivity index (χ2v) is 8.28. The van der Waals surface area contributed by atoms with Gasteiger partial charge >= 0.3 is 6.03 Å². The Morgan fingerprint density at radius 1 is 1.12 bits per heavy atom. The molecule has 0 fully saturated rings. The molecule has 2 N–H and O–H groups in total. The molecule has 0 radical (unpaired) electrons. The molecule has 0 aliphatic heterocycles. The van der Waals surface area contributed by atoms with Gasteiger partial charge in [0.15, 0.2) is 0 Å². The molecule has 0 aliphatic carbocycles. The highest BCUT2D eigenvalue weighted by atomic mass is 35.5. The number of anilines is 1. The van der Waals surface area contributed by atoms with Crippen LogP contribution in [-0.2, 0) is 10.0 Å². The van der Waals surface area contributed by atoms with Gasteiger partial charge < -0.3 is 10.6 Å². The molecule has 0 bridgehead atoms. The molecule has 2 rings (SSSR count). The Kier molecular flexibility index (Phi) is 6.05. The molecule has 6 nitrogen and oxygen atoms in total. The Bertz CT molecular complexity index is 852. The van der Waals surface area contributed by atoms with E-state index in [9.17, 15) is 13.2 Å². The van der Waals surface area contributed by atoms with E-state index in [4.69, 9.17) is 11.6 Å². The average Bonchev–Trinajstić information content (AvgIpc) is 2.55. The fraction of sp³-hybridized carbons (Fsp3) is 0.235. The van der Waals surface area contributed by atoms with Gasteiger partial charge in [0.2, 0.25) is 10.0 Å². The maximum atomic E-state index is 12.1. The number of rotatable bonds is 5. The van der Waals surface area contributed by atoms with Crippen LogP contribution >= 0.6 is 11.6 Å². The molecule has 0 spiro atoms. The molecular weight excluding hydrogens is 362 g/mol. The molecule has 0 saturated heterocycles. The minimum absolute atomic E-state index is 0.112. The molecular formula is C17H20ClN3O3S. The predicted molar refractivity (Wildman–Crippen MR) is 99.3 cm³/mol. The molecule has 2 amide bonds. The summed E-state index contributed by atoms with van der Waals surface area (Å²) in [6.07, 6.45) is 0. The highest BCUT2D eigenvalue weighted by molar-refractivity contribution is 7.89. The summed E-state index contributed by atoms with van der Waals surface area (Å²) in [5.74, 6) is 0. The summed E-state index contributed by atoms with van der Waals surface area (Å²) >= 11 is 5.85. The molecule has 0 aliphatic rings. The van der Waals surface area contributed by atoms with Crippen molar-refractivity contribution >= 4 is 33.3 Å². The molecule has 134 valence electrons. The third kappa shape index (κ3) is 4.94. The van der Waals surface area contributed by atoms with Crippen LogP contribution in [-0.4, -0.2) is 32.8 Å². The van der Waals surface area contributed by atoms with E-state index in [-0.39, 0.29) is 10.9 Å². The topological polar surface area (TPSA) is 78.5 Å². The summed E-state index contributed by atoms with van der Waals surface area (Å²) in [6.45, 7) is 1.84. The van der Waals surface area contributed by atoms with Crippen molar-refractivity contribution in [2.24, 2.45) is 0 Å². The number of urea groups is 1. The van der Waals surface area contributed by atoms with Crippen molar-refractivity contribution in [2.75, 3.05) is 19.4 Å². The second kappa shape index (κ2) is 7.86. The smallest absolute Gasteiger partial charge is 0.319 e. The van der Waals surface area contributed by atoms with Gasteiger partial charge in [-0.05, 0) is 42.8 Å². The van der Waals surface area contributed by atoms with Crippen LogP contribution in [0, 0.1) is 0 Å². The number of hydrogen-bond acceptors (Lipinski definition) is 3. The maximum Gasteiger partial charge on any atom is 0.319 e. The van der Waals surface area contributed by atoms with Crippen LogP contribution in [0.25, 0.3) is 0 Å². The summed E-state index contributed by atoms with van der Waals surface area (Å²) in [6, 6.07) is 12.6. The normalized spacial score (nSPS) is 12.7. The first-order chi connectivity index (χ1) is 11.7. The zero-order valence-electron chi connectivity index (χ0n) is 14.2. The Balaban J connectivity index is 2.07. The number of hydrogen-bond donors (Lipinski definition) is 2. The molecule has 8 heteroatoms. The van der Waals surface area contributed by atoms with Gasteiger partial charge in [-0.3, -0.25) is 0 Å². The second-order valence-electron chi connectivity index (χ2n) is 5.69. The number of sulfonamides is 1. The Hall–Kier alpha value is -2.09. The van der Waals surface area contributed by atoms with Crippen molar-refractivity contribution in [3.63, 3.8) is 0 Å². The summed E-state index contributed by atoms with van der Waals surface area (Å²) in [5.41, 5.74) is 1.30. The van der Waals surface area contributed by atoms with E-state index in [2.05, 4.69) is 10.6 Å². The fourth-order valence-electron chi connectivity index (χ4n) is 2.14. The lowest BCUT2D eigenvalue weighted by Crippen LogP contribution is -2.31. The first kappa shape index (κ1) is 19.2. The lowest BCUT2D eigenvalue weighted by molar-refractivity contribution is 0.249. The van der Waals surface area contributed by atoms with E-state index in [0.717, 1.165) is 9.87 Å². The average molecular weight is 382 g/mol. The SMILES string of the molecule is CC(NC(=O)Nc1cccc(S(=O)(=O)N(C)C)c1)c1ccc(Cl)cc1. The number of nitrogens with one attached hydrogen (secondary N) is 2. The van der Waals surface area contributed by atoms with Crippen LogP contribution in [0.3, 0.4) is 0 Å². The fourth-order valence-corrected chi connectivity index (χ4v) is 3.22. The first-order valence-corrected chi connectivity index (χ1v) is 9.37. The minimum atomic E-state index is -3.56. The van der Waals surface area contributed by atoms with Crippen molar-refractivity contribution < 1.29 is 13.2 Å². The third-order valence-corrected chi connectivity index (χ3v) is 5.65. The van der Waals surface area contributed by atoms with E-state index < -0.39 is 16.1 Å². The van der Waals surface area contributed by atoms with Crippen molar-refractivity contribution in [1.82, 2.24) is 9.62 Å². The van der Waals surface area contributed by atoms with Gasteiger partial charge in [-0.1, -0.05) is 29.8 Å². The van der Waals surface area contributed by atoms with Crippen molar-refractivity contribution in [2.45, 2.75) is 17.9 Å². The summed E-state index contributed by atoms with van der Waals surface area (Å²) < 4.78 is 25.4. The number of carbonyl (C=O) groups excluding carboxylic acids is 1. The first-order valence-electron chi connectivity index (χ1n) is 7.56. The van der Waals surface area contributed by atoms with Crippen molar-refractivity contribution in [3.8, 4) is 0 Å². The van der Waals surface area contributed by atoms with E-state index in [0.29, 0.717) is 10.7 Å². The number of halogens is 1. The van der Waals surface area contributed by atoms with Crippen molar-refractivity contribution in [3.05, 3.63) is 59.1 Å². The van der Waals surface area contributed by atoms with Crippen LogP contribution in [0.15, 0.2) is 53.4 Å². The molecule has 0 heterocycles. The Morgan fingerprint density at radius 3 is 2.36 bits per heavy atom. The zero-order valence-corrected chi connectivity index (χ0v) is 15.7. The van der Waals surface area contributed by atoms with Gasteiger partial charge in [0, 0.05) is 24.8 Å². The molecule has 1 unspecified atom stereocenters. The summed E-state index contributed by atoms with van der Waals surface area (Å²) in [5, 5.41) is 6.06. The van der Waals surface area contributed by atoms with Gasteiger partial charge in [-0.2, -0.15) is 0 Å².